The number of sulfonamides is 1. The van der Waals surface area contributed by atoms with Crippen LogP contribution < -0.4 is 9.62 Å². The van der Waals surface area contributed by atoms with E-state index in [2.05, 4.69) is 27.9 Å². The van der Waals surface area contributed by atoms with E-state index < -0.39 is 15.9 Å². The number of anilines is 2. The molecule has 0 atom stereocenters. The zero-order chi connectivity index (χ0) is 25.0. The average Bonchev–Trinajstić information content (AvgIpc) is 2.85. The third-order valence-corrected chi connectivity index (χ3v) is 8.11. The predicted octanol–water partition coefficient (Wildman–Crippen LogP) is 6.90. The standard InChI is InChI=1S/C27H22ClIN2O3S/c1-19-6-16-24(17-7-19)35(33,34)31(18-20-8-10-21(28)11-9-20)26-5-3-2-4-25(26)27(32)30-23-14-12-22(29)13-15-23/h2-17H,18H2,1H3,(H,30,32). The van der Waals surface area contributed by atoms with Crippen molar-refractivity contribution in [3.63, 3.8) is 0 Å². The molecule has 178 valence electrons. The molecule has 4 rings (SSSR count). The van der Waals surface area contributed by atoms with Crippen molar-refractivity contribution in [3.8, 4) is 0 Å². The SMILES string of the molecule is Cc1ccc(S(=O)(=O)N(Cc2ccc(Cl)cc2)c2ccccc2C(=O)Nc2ccc(I)cc2)cc1. The molecule has 0 aliphatic heterocycles. The average molecular weight is 617 g/mol. The maximum atomic E-state index is 13.9. The Kier molecular flexibility index (Phi) is 7.78. The Hall–Kier alpha value is -2.88. The lowest BCUT2D eigenvalue weighted by Crippen LogP contribution is -2.32. The number of rotatable bonds is 7. The summed E-state index contributed by atoms with van der Waals surface area (Å²) >= 11 is 8.22. The van der Waals surface area contributed by atoms with Gasteiger partial charge in [-0.25, -0.2) is 8.42 Å². The van der Waals surface area contributed by atoms with Crippen LogP contribution in [0.1, 0.15) is 21.5 Å². The summed E-state index contributed by atoms with van der Waals surface area (Å²) in [6, 6.07) is 27.7. The first-order valence-corrected chi connectivity index (χ1v) is 13.6. The van der Waals surface area contributed by atoms with Gasteiger partial charge in [-0.05, 0) is 95.7 Å². The van der Waals surface area contributed by atoms with Crippen molar-refractivity contribution in [1.82, 2.24) is 0 Å². The normalized spacial score (nSPS) is 11.2. The predicted molar refractivity (Wildman–Crippen MR) is 150 cm³/mol. The number of hydrogen-bond acceptors (Lipinski definition) is 3. The molecule has 1 N–H and O–H groups in total. The molecule has 5 nitrogen and oxygen atoms in total. The first-order chi connectivity index (χ1) is 16.7. The van der Waals surface area contributed by atoms with Gasteiger partial charge in [0.15, 0.2) is 0 Å². The van der Waals surface area contributed by atoms with Gasteiger partial charge in [0.05, 0.1) is 22.7 Å². The number of halogens is 2. The maximum Gasteiger partial charge on any atom is 0.264 e. The van der Waals surface area contributed by atoms with Crippen LogP contribution >= 0.6 is 34.2 Å². The van der Waals surface area contributed by atoms with E-state index in [0.717, 1.165) is 14.7 Å². The molecule has 35 heavy (non-hydrogen) atoms. The number of nitrogens with zero attached hydrogens (tertiary/aromatic N) is 1. The molecule has 4 aromatic rings. The second-order valence-corrected chi connectivity index (χ2v) is 11.5. The van der Waals surface area contributed by atoms with E-state index >= 15 is 0 Å². The van der Waals surface area contributed by atoms with Crippen LogP contribution in [-0.4, -0.2) is 14.3 Å². The van der Waals surface area contributed by atoms with Gasteiger partial charge in [-0.2, -0.15) is 0 Å². The van der Waals surface area contributed by atoms with E-state index in [1.165, 1.54) is 4.31 Å². The molecule has 8 heteroatoms. The molecule has 0 saturated carbocycles. The third kappa shape index (κ3) is 6.04. The van der Waals surface area contributed by atoms with Crippen molar-refractivity contribution in [2.45, 2.75) is 18.4 Å². The highest BCUT2D eigenvalue weighted by atomic mass is 127. The van der Waals surface area contributed by atoms with E-state index in [-0.39, 0.29) is 22.7 Å². The van der Waals surface area contributed by atoms with Crippen molar-refractivity contribution in [2.75, 3.05) is 9.62 Å². The van der Waals surface area contributed by atoms with Crippen LogP contribution in [0.25, 0.3) is 0 Å². The molecule has 0 aliphatic rings. The van der Waals surface area contributed by atoms with Gasteiger partial charge in [-0.15, -0.1) is 0 Å². The summed E-state index contributed by atoms with van der Waals surface area (Å²) in [5.41, 5.74) is 2.83. The summed E-state index contributed by atoms with van der Waals surface area (Å²) in [4.78, 5) is 13.4. The Morgan fingerprint density at radius 3 is 2.17 bits per heavy atom. The molecule has 0 heterocycles. The van der Waals surface area contributed by atoms with E-state index in [9.17, 15) is 13.2 Å². The van der Waals surface area contributed by atoms with E-state index in [0.29, 0.717) is 10.7 Å². The molecule has 0 aromatic heterocycles. The van der Waals surface area contributed by atoms with E-state index in [4.69, 9.17) is 11.6 Å². The Balaban J connectivity index is 1.78. The molecular weight excluding hydrogens is 595 g/mol. The van der Waals surface area contributed by atoms with Crippen LogP contribution in [0.4, 0.5) is 11.4 Å². The summed E-state index contributed by atoms with van der Waals surface area (Å²) in [7, 11) is -3.99. The third-order valence-electron chi connectivity index (χ3n) is 5.37. The van der Waals surface area contributed by atoms with Crippen molar-refractivity contribution in [2.24, 2.45) is 0 Å². The highest BCUT2D eigenvalue weighted by molar-refractivity contribution is 14.1. The first kappa shape index (κ1) is 25.2. The fraction of sp³-hybridized carbons (Fsp3) is 0.0741. The molecule has 0 aliphatic carbocycles. The van der Waals surface area contributed by atoms with Gasteiger partial charge < -0.3 is 5.32 Å². The highest BCUT2D eigenvalue weighted by Gasteiger charge is 2.28. The fourth-order valence-corrected chi connectivity index (χ4v) is 5.46. The molecule has 0 bridgehead atoms. The van der Waals surface area contributed by atoms with Crippen LogP contribution in [0.15, 0.2) is 102 Å². The summed E-state index contributed by atoms with van der Waals surface area (Å²) in [6.07, 6.45) is 0. The second-order valence-electron chi connectivity index (χ2n) is 7.93. The van der Waals surface area contributed by atoms with E-state index in [1.54, 1.807) is 84.9 Å². The molecule has 4 aromatic carbocycles. The number of carbonyl (C=O) groups excluding carboxylic acids is 1. The lowest BCUT2D eigenvalue weighted by molar-refractivity contribution is 0.102. The molecule has 0 unspecified atom stereocenters. The Bertz CT molecular complexity index is 1440. The molecule has 0 radical (unpaired) electrons. The quantitative estimate of drug-likeness (QED) is 0.230. The van der Waals surface area contributed by atoms with Crippen LogP contribution in [0.3, 0.4) is 0 Å². The molecule has 0 fully saturated rings. The summed E-state index contributed by atoms with van der Waals surface area (Å²) < 4.78 is 30.0. The largest absolute Gasteiger partial charge is 0.322 e. The Morgan fingerprint density at radius 1 is 0.886 bits per heavy atom. The van der Waals surface area contributed by atoms with Crippen molar-refractivity contribution in [1.29, 1.82) is 0 Å². The summed E-state index contributed by atoms with van der Waals surface area (Å²) in [6.45, 7) is 1.92. The second kappa shape index (κ2) is 10.8. The Labute approximate surface area is 223 Å². The highest BCUT2D eigenvalue weighted by Crippen LogP contribution is 2.30. The minimum atomic E-state index is -3.99. The number of para-hydroxylation sites is 1. The molecule has 0 spiro atoms. The van der Waals surface area contributed by atoms with Crippen LogP contribution in [0.5, 0.6) is 0 Å². The van der Waals surface area contributed by atoms with Gasteiger partial charge in [-0.3, -0.25) is 9.10 Å². The zero-order valence-electron chi connectivity index (χ0n) is 18.8. The van der Waals surface area contributed by atoms with Gasteiger partial charge >= 0.3 is 0 Å². The van der Waals surface area contributed by atoms with E-state index in [1.807, 2.05) is 19.1 Å². The van der Waals surface area contributed by atoms with Gasteiger partial charge in [0.2, 0.25) is 0 Å². The number of hydrogen-bond donors (Lipinski definition) is 1. The van der Waals surface area contributed by atoms with Gasteiger partial charge in [0.1, 0.15) is 0 Å². The van der Waals surface area contributed by atoms with Gasteiger partial charge in [-0.1, -0.05) is 53.6 Å². The van der Waals surface area contributed by atoms with Crippen LogP contribution in [-0.2, 0) is 16.6 Å². The number of nitrogens with one attached hydrogen (secondary N) is 1. The van der Waals surface area contributed by atoms with Crippen LogP contribution in [0.2, 0.25) is 5.02 Å². The summed E-state index contributed by atoms with van der Waals surface area (Å²) in [5, 5.41) is 3.42. The summed E-state index contributed by atoms with van der Waals surface area (Å²) in [5.74, 6) is -0.401. The minimum Gasteiger partial charge on any atom is -0.322 e. The van der Waals surface area contributed by atoms with Gasteiger partial charge in [0, 0.05) is 14.3 Å². The number of carbonyl (C=O) groups is 1. The maximum absolute atomic E-state index is 13.9. The molecule has 0 saturated heterocycles. The molecule has 1 amide bonds. The fourth-order valence-electron chi connectivity index (χ4n) is 3.51. The molecular formula is C27H22ClIN2O3S. The monoisotopic (exact) mass is 616 g/mol. The van der Waals surface area contributed by atoms with Crippen molar-refractivity contribution >= 4 is 61.5 Å². The Morgan fingerprint density at radius 2 is 1.51 bits per heavy atom. The van der Waals surface area contributed by atoms with Crippen molar-refractivity contribution < 1.29 is 13.2 Å². The minimum absolute atomic E-state index is 0.0290. The topological polar surface area (TPSA) is 66.5 Å². The first-order valence-electron chi connectivity index (χ1n) is 10.7. The van der Waals surface area contributed by atoms with Crippen molar-refractivity contribution in [3.05, 3.63) is 122 Å². The van der Waals surface area contributed by atoms with Crippen LogP contribution in [0, 0.1) is 10.5 Å². The number of amides is 1. The lowest BCUT2D eigenvalue weighted by Gasteiger charge is -2.27. The smallest absolute Gasteiger partial charge is 0.264 e. The number of aryl methyl sites for hydroxylation is 1. The zero-order valence-corrected chi connectivity index (χ0v) is 22.5. The number of benzene rings is 4. The van der Waals surface area contributed by atoms with Gasteiger partial charge in [0.25, 0.3) is 15.9 Å². The lowest BCUT2D eigenvalue weighted by atomic mass is 10.1.